The van der Waals surface area contributed by atoms with E-state index in [2.05, 4.69) is 42.0 Å². The van der Waals surface area contributed by atoms with Crippen LogP contribution in [0.15, 0.2) is 12.3 Å². The Hall–Kier alpha value is -1.42. The van der Waals surface area contributed by atoms with Crippen molar-refractivity contribution in [3.63, 3.8) is 0 Å². The molecule has 4 heteroatoms. The number of fused-ring (bicyclic) bond motifs is 1. The van der Waals surface area contributed by atoms with Crippen LogP contribution in [0.2, 0.25) is 0 Å². The van der Waals surface area contributed by atoms with E-state index < -0.39 is 0 Å². The van der Waals surface area contributed by atoms with E-state index in [4.69, 9.17) is 0 Å². The molecule has 0 bridgehead atoms. The zero-order chi connectivity index (χ0) is 16.0. The summed E-state index contributed by atoms with van der Waals surface area (Å²) < 4.78 is 0. The molecule has 0 spiro atoms. The van der Waals surface area contributed by atoms with Gasteiger partial charge in [0.1, 0.15) is 0 Å². The highest BCUT2D eigenvalue weighted by Gasteiger charge is 2.26. The fraction of sp³-hybridized carbons (Fsp3) is 0.647. The third-order valence-electron chi connectivity index (χ3n) is 3.95. The zero-order valence-corrected chi connectivity index (χ0v) is 14.2. The van der Waals surface area contributed by atoms with Crippen molar-refractivity contribution in [1.29, 1.82) is 0 Å². The molecule has 2 rings (SSSR count). The molecule has 1 aromatic rings. The Morgan fingerprint density at radius 2 is 2.14 bits per heavy atom. The van der Waals surface area contributed by atoms with Crippen LogP contribution in [0, 0.1) is 0 Å². The Balaban J connectivity index is 0.00000106. The van der Waals surface area contributed by atoms with Gasteiger partial charge in [0.25, 0.3) is 0 Å². The van der Waals surface area contributed by atoms with E-state index in [9.17, 15) is 4.79 Å². The van der Waals surface area contributed by atoms with Gasteiger partial charge in [-0.1, -0.05) is 33.8 Å². The monoisotopic (exact) mass is 291 g/mol. The number of nitrogens with one attached hydrogen (secondary N) is 1. The van der Waals surface area contributed by atoms with Crippen LogP contribution in [0.25, 0.3) is 0 Å². The van der Waals surface area contributed by atoms with Crippen molar-refractivity contribution in [2.45, 2.75) is 53.0 Å². The van der Waals surface area contributed by atoms with Gasteiger partial charge in [-0.15, -0.1) is 0 Å². The number of pyridine rings is 1. The number of aromatic nitrogens is 1. The first-order valence-corrected chi connectivity index (χ1v) is 7.96. The van der Waals surface area contributed by atoms with Crippen molar-refractivity contribution in [2.75, 3.05) is 20.1 Å². The summed E-state index contributed by atoms with van der Waals surface area (Å²) in [5, 5.41) is 2.69. The number of hydrogen-bond donors (Lipinski definition) is 1. The van der Waals surface area contributed by atoms with Gasteiger partial charge < -0.3 is 5.32 Å². The molecule has 1 aliphatic rings. The molecule has 1 N–H and O–H groups in total. The molecule has 1 amide bonds. The summed E-state index contributed by atoms with van der Waals surface area (Å²) in [6.45, 7) is 11.9. The first-order valence-electron chi connectivity index (χ1n) is 7.96. The SMILES string of the molecule is CC.CNC(=O)CN1CCc2ncc(C(C)C)cc2C1C. The van der Waals surface area contributed by atoms with Crippen molar-refractivity contribution in [3.8, 4) is 0 Å². The van der Waals surface area contributed by atoms with Crippen LogP contribution in [0.1, 0.15) is 63.4 Å². The largest absolute Gasteiger partial charge is 0.358 e. The summed E-state index contributed by atoms with van der Waals surface area (Å²) in [6.07, 6.45) is 2.92. The lowest BCUT2D eigenvalue weighted by Crippen LogP contribution is -2.41. The molecule has 0 aliphatic carbocycles. The summed E-state index contributed by atoms with van der Waals surface area (Å²) in [6, 6.07) is 2.51. The van der Waals surface area contributed by atoms with Gasteiger partial charge in [0, 0.05) is 37.9 Å². The average molecular weight is 291 g/mol. The van der Waals surface area contributed by atoms with E-state index in [-0.39, 0.29) is 11.9 Å². The molecule has 1 unspecified atom stereocenters. The second kappa shape index (κ2) is 8.13. The summed E-state index contributed by atoms with van der Waals surface area (Å²) in [4.78, 5) is 18.4. The predicted octanol–water partition coefficient (Wildman–Crippen LogP) is 2.90. The standard InChI is InChI=1S/C15H23N3O.C2H6/c1-10(2)12-7-13-11(3)18(9-15(19)16-4)6-5-14(13)17-8-12;1-2/h7-8,10-11H,5-6,9H2,1-4H3,(H,16,19);1-2H3. The van der Waals surface area contributed by atoms with Gasteiger partial charge in [0.15, 0.2) is 0 Å². The molecular formula is C17H29N3O. The molecule has 21 heavy (non-hydrogen) atoms. The quantitative estimate of drug-likeness (QED) is 0.931. The van der Waals surface area contributed by atoms with Crippen LogP contribution < -0.4 is 5.32 Å². The molecule has 0 saturated heterocycles. The Morgan fingerprint density at radius 3 is 2.71 bits per heavy atom. The third kappa shape index (κ3) is 4.27. The van der Waals surface area contributed by atoms with Gasteiger partial charge in [-0.05, 0) is 24.0 Å². The number of carbonyl (C=O) groups is 1. The highest BCUT2D eigenvalue weighted by atomic mass is 16.1. The van der Waals surface area contributed by atoms with Gasteiger partial charge in [-0.3, -0.25) is 14.7 Å². The highest BCUT2D eigenvalue weighted by molar-refractivity contribution is 5.77. The number of rotatable bonds is 3. The molecule has 0 aromatic carbocycles. The van der Waals surface area contributed by atoms with Crippen molar-refractivity contribution in [1.82, 2.24) is 15.2 Å². The van der Waals surface area contributed by atoms with E-state index in [1.807, 2.05) is 20.0 Å². The first kappa shape index (κ1) is 17.6. The van der Waals surface area contributed by atoms with Gasteiger partial charge in [0.2, 0.25) is 5.91 Å². The minimum atomic E-state index is 0.0725. The maximum Gasteiger partial charge on any atom is 0.233 e. The average Bonchev–Trinajstić information content (AvgIpc) is 2.51. The van der Waals surface area contributed by atoms with Gasteiger partial charge in [-0.25, -0.2) is 0 Å². The number of likely N-dealkylation sites (N-methyl/N-ethyl adjacent to an activating group) is 1. The number of amides is 1. The van der Waals surface area contributed by atoms with Crippen LogP contribution in [0.4, 0.5) is 0 Å². The molecule has 1 atom stereocenters. The number of hydrogen-bond acceptors (Lipinski definition) is 3. The van der Waals surface area contributed by atoms with Crippen molar-refractivity contribution < 1.29 is 4.79 Å². The van der Waals surface area contributed by atoms with E-state index in [0.29, 0.717) is 12.5 Å². The van der Waals surface area contributed by atoms with Crippen LogP contribution >= 0.6 is 0 Å². The zero-order valence-electron chi connectivity index (χ0n) is 14.2. The lowest BCUT2D eigenvalue weighted by molar-refractivity contribution is -0.122. The van der Waals surface area contributed by atoms with E-state index >= 15 is 0 Å². The van der Waals surface area contributed by atoms with Crippen molar-refractivity contribution in [3.05, 3.63) is 29.1 Å². The molecular weight excluding hydrogens is 262 g/mol. The molecule has 4 nitrogen and oxygen atoms in total. The summed E-state index contributed by atoms with van der Waals surface area (Å²) in [7, 11) is 1.68. The normalized spacial score (nSPS) is 17.8. The second-order valence-electron chi connectivity index (χ2n) is 5.53. The molecule has 0 fully saturated rings. The lowest BCUT2D eigenvalue weighted by Gasteiger charge is -2.34. The van der Waals surface area contributed by atoms with Gasteiger partial charge >= 0.3 is 0 Å². The summed E-state index contributed by atoms with van der Waals surface area (Å²) in [5.74, 6) is 0.558. The summed E-state index contributed by atoms with van der Waals surface area (Å²) >= 11 is 0. The smallest absolute Gasteiger partial charge is 0.233 e. The summed E-state index contributed by atoms with van der Waals surface area (Å²) in [5.41, 5.74) is 3.74. The Morgan fingerprint density at radius 1 is 1.48 bits per heavy atom. The van der Waals surface area contributed by atoms with E-state index in [1.54, 1.807) is 7.05 Å². The first-order chi connectivity index (χ1) is 10.0. The maximum absolute atomic E-state index is 11.5. The van der Waals surface area contributed by atoms with E-state index in [1.165, 1.54) is 16.8 Å². The van der Waals surface area contributed by atoms with Crippen molar-refractivity contribution >= 4 is 5.91 Å². The van der Waals surface area contributed by atoms with Gasteiger partial charge in [-0.2, -0.15) is 0 Å². The molecule has 1 aromatic heterocycles. The maximum atomic E-state index is 11.5. The van der Waals surface area contributed by atoms with Crippen molar-refractivity contribution in [2.24, 2.45) is 0 Å². The van der Waals surface area contributed by atoms with E-state index in [0.717, 1.165) is 13.0 Å². The Bertz CT molecular complexity index is 471. The number of nitrogens with zero attached hydrogens (tertiary/aromatic N) is 2. The topological polar surface area (TPSA) is 45.2 Å². The third-order valence-corrected chi connectivity index (χ3v) is 3.95. The molecule has 0 saturated carbocycles. The minimum Gasteiger partial charge on any atom is -0.358 e. The van der Waals surface area contributed by atoms with Crippen LogP contribution in [0.3, 0.4) is 0 Å². The molecule has 1 aliphatic heterocycles. The second-order valence-corrected chi connectivity index (χ2v) is 5.53. The van der Waals surface area contributed by atoms with Crippen LogP contribution in [0.5, 0.6) is 0 Å². The molecule has 0 radical (unpaired) electrons. The molecule has 118 valence electrons. The van der Waals surface area contributed by atoms with Crippen LogP contribution in [-0.2, 0) is 11.2 Å². The fourth-order valence-electron chi connectivity index (χ4n) is 2.53. The fourth-order valence-corrected chi connectivity index (χ4v) is 2.53. The predicted molar refractivity (Wildman–Crippen MR) is 87.4 cm³/mol. The molecule has 2 heterocycles. The Kier molecular flexibility index (Phi) is 6.82. The van der Waals surface area contributed by atoms with Crippen LogP contribution in [-0.4, -0.2) is 35.9 Å². The van der Waals surface area contributed by atoms with Gasteiger partial charge in [0.05, 0.1) is 6.54 Å². The lowest BCUT2D eigenvalue weighted by atomic mass is 9.94. The number of carbonyl (C=O) groups excluding carboxylic acids is 1. The highest BCUT2D eigenvalue weighted by Crippen LogP contribution is 2.30. The minimum absolute atomic E-state index is 0.0725. The Labute approximate surface area is 129 Å².